The third-order valence-corrected chi connectivity index (χ3v) is 10.8. The van der Waals surface area contributed by atoms with Crippen molar-refractivity contribution in [2.24, 2.45) is 5.41 Å². The van der Waals surface area contributed by atoms with Crippen LogP contribution in [0.25, 0.3) is 22.4 Å². The van der Waals surface area contributed by atoms with E-state index < -0.39 is 5.79 Å². The number of hydrogen-bond acceptors (Lipinski definition) is 9. The molecule has 3 aliphatic heterocycles. The fourth-order valence-corrected chi connectivity index (χ4v) is 7.88. The lowest BCUT2D eigenvalue weighted by molar-refractivity contribution is -0.0716. The third kappa shape index (κ3) is 4.54. The number of nitrogens with zero attached hydrogens (tertiary/aromatic N) is 5. The van der Waals surface area contributed by atoms with Gasteiger partial charge in [0, 0.05) is 55.8 Å². The van der Waals surface area contributed by atoms with Gasteiger partial charge in [0.05, 0.1) is 34.4 Å². The molecule has 230 valence electrons. The number of aromatic nitrogens is 5. The number of H-pyrrole nitrogens is 1. The number of imidazole rings is 1. The normalized spacial score (nSPS) is 24.7. The summed E-state index contributed by atoms with van der Waals surface area (Å²) in [6.07, 6.45) is 6.17. The maximum Gasteiger partial charge on any atom is 0.323 e. The summed E-state index contributed by atoms with van der Waals surface area (Å²) in [5, 5.41) is 0.573. The standard InChI is InChI=1S/C33H31ClN6O4S/c1-32(27-8-6-20(34)17-35-27)43-26-4-2-3-24(28(26)44-32)39-12-10-33(11-13-39)16-22(33)30-36-23-7-5-19(29-37-31(41)45-38-29)15-25(23)40(30)18-21-9-14-42-21/h2-8,15,17,21-22H,9-14,16,18H2,1H3,(H,37,38,41)/t21-,22?,32-/m0/s1. The first-order valence-corrected chi connectivity index (χ1v) is 16.6. The largest absolute Gasteiger partial charge is 0.443 e. The van der Waals surface area contributed by atoms with Gasteiger partial charge in [-0.05, 0) is 73.6 Å². The Morgan fingerprint density at radius 3 is 2.73 bits per heavy atom. The average molecular weight is 643 g/mol. The minimum Gasteiger partial charge on any atom is -0.443 e. The Labute approximate surface area is 268 Å². The van der Waals surface area contributed by atoms with E-state index in [1.165, 1.54) is 0 Å². The summed E-state index contributed by atoms with van der Waals surface area (Å²) in [4.78, 5) is 26.6. The molecule has 9 rings (SSSR count). The number of piperidine rings is 1. The number of para-hydroxylation sites is 1. The van der Waals surface area contributed by atoms with E-state index in [1.807, 2.05) is 37.3 Å². The molecule has 0 amide bonds. The number of rotatable bonds is 6. The maximum atomic E-state index is 11.8. The van der Waals surface area contributed by atoms with Crippen LogP contribution < -0.4 is 19.2 Å². The van der Waals surface area contributed by atoms with E-state index in [0.717, 1.165) is 103 Å². The van der Waals surface area contributed by atoms with E-state index in [-0.39, 0.29) is 16.4 Å². The van der Waals surface area contributed by atoms with Gasteiger partial charge in [0.1, 0.15) is 11.5 Å². The van der Waals surface area contributed by atoms with Crippen molar-refractivity contribution in [3.05, 3.63) is 80.9 Å². The van der Waals surface area contributed by atoms with Crippen LogP contribution in [0.1, 0.15) is 50.0 Å². The smallest absolute Gasteiger partial charge is 0.323 e. The zero-order valence-electron chi connectivity index (χ0n) is 24.7. The molecule has 1 aliphatic carbocycles. The summed E-state index contributed by atoms with van der Waals surface area (Å²) in [5.41, 5.74) is 4.90. The molecule has 5 aromatic rings. The lowest BCUT2D eigenvalue weighted by Gasteiger charge is -2.35. The van der Waals surface area contributed by atoms with Gasteiger partial charge in [0.15, 0.2) is 17.3 Å². The Hall–Kier alpha value is -3.93. The fourth-order valence-electron chi connectivity index (χ4n) is 7.30. The molecule has 3 fully saturated rings. The van der Waals surface area contributed by atoms with Gasteiger partial charge in [0.25, 0.3) is 5.79 Å². The van der Waals surface area contributed by atoms with Gasteiger partial charge in [0.2, 0.25) is 0 Å². The van der Waals surface area contributed by atoms with Crippen molar-refractivity contribution in [1.82, 2.24) is 23.9 Å². The van der Waals surface area contributed by atoms with E-state index in [2.05, 4.69) is 35.9 Å². The van der Waals surface area contributed by atoms with Gasteiger partial charge in [-0.2, -0.15) is 4.37 Å². The molecule has 12 heteroatoms. The van der Waals surface area contributed by atoms with Gasteiger partial charge in [-0.15, -0.1) is 0 Å². The topological polar surface area (TPSA) is 107 Å². The van der Waals surface area contributed by atoms with Crippen molar-refractivity contribution in [2.75, 3.05) is 24.6 Å². The lowest BCUT2D eigenvalue weighted by atomic mass is 9.90. The summed E-state index contributed by atoms with van der Waals surface area (Å²) < 4.78 is 25.3. The number of nitrogens with one attached hydrogen (secondary N) is 1. The van der Waals surface area contributed by atoms with Crippen molar-refractivity contribution in [2.45, 2.75) is 57.0 Å². The van der Waals surface area contributed by atoms with Crippen molar-refractivity contribution in [3.8, 4) is 22.9 Å². The second-order valence-electron chi connectivity index (χ2n) is 12.7. The van der Waals surface area contributed by atoms with Gasteiger partial charge < -0.3 is 23.7 Å². The quantitative estimate of drug-likeness (QED) is 0.237. The molecule has 3 atom stereocenters. The second-order valence-corrected chi connectivity index (χ2v) is 13.9. The highest BCUT2D eigenvalue weighted by molar-refractivity contribution is 7.03. The number of ether oxygens (including phenoxy) is 3. The number of benzene rings is 2. The Bertz CT molecular complexity index is 1990. The molecule has 1 N–H and O–H groups in total. The minimum atomic E-state index is -1.01. The summed E-state index contributed by atoms with van der Waals surface area (Å²) >= 11 is 7.02. The molecule has 3 aromatic heterocycles. The Balaban J connectivity index is 0.965. The van der Waals surface area contributed by atoms with Crippen LogP contribution in [0.3, 0.4) is 0 Å². The molecule has 6 heterocycles. The summed E-state index contributed by atoms with van der Waals surface area (Å²) in [6, 6.07) is 15.9. The molecule has 1 spiro atoms. The molecule has 2 saturated heterocycles. The zero-order chi connectivity index (χ0) is 30.3. The lowest BCUT2D eigenvalue weighted by Crippen LogP contribution is -2.36. The number of anilines is 1. The van der Waals surface area contributed by atoms with Crippen LogP contribution in [0.5, 0.6) is 11.5 Å². The van der Waals surface area contributed by atoms with Crippen molar-refractivity contribution >= 4 is 39.9 Å². The van der Waals surface area contributed by atoms with Crippen LogP contribution in [0.4, 0.5) is 5.69 Å². The number of halogens is 1. The van der Waals surface area contributed by atoms with E-state index in [1.54, 1.807) is 12.3 Å². The van der Waals surface area contributed by atoms with Crippen LogP contribution >= 0.6 is 23.1 Å². The van der Waals surface area contributed by atoms with Crippen LogP contribution in [-0.4, -0.2) is 49.7 Å². The van der Waals surface area contributed by atoms with E-state index in [9.17, 15) is 4.79 Å². The molecule has 0 radical (unpaired) electrons. The highest BCUT2D eigenvalue weighted by Gasteiger charge is 2.58. The highest BCUT2D eigenvalue weighted by atomic mass is 35.5. The Morgan fingerprint density at radius 2 is 2.00 bits per heavy atom. The van der Waals surface area contributed by atoms with Crippen LogP contribution in [0.2, 0.25) is 5.02 Å². The Morgan fingerprint density at radius 1 is 1.13 bits per heavy atom. The number of aromatic amines is 1. The van der Waals surface area contributed by atoms with Gasteiger partial charge in [-0.3, -0.25) is 14.8 Å². The predicted molar refractivity (Wildman–Crippen MR) is 171 cm³/mol. The van der Waals surface area contributed by atoms with Gasteiger partial charge in [-0.25, -0.2) is 4.98 Å². The summed E-state index contributed by atoms with van der Waals surface area (Å²) in [5.74, 6) is 2.63. The van der Waals surface area contributed by atoms with Gasteiger partial charge in [-0.1, -0.05) is 17.7 Å². The molecule has 45 heavy (non-hydrogen) atoms. The number of fused-ring (bicyclic) bond motifs is 2. The molecule has 1 unspecified atom stereocenters. The first-order valence-electron chi connectivity index (χ1n) is 15.4. The predicted octanol–water partition coefficient (Wildman–Crippen LogP) is 6.10. The molecule has 2 aromatic carbocycles. The van der Waals surface area contributed by atoms with Crippen LogP contribution in [0, 0.1) is 5.41 Å². The third-order valence-electron chi connectivity index (χ3n) is 10.0. The maximum absolute atomic E-state index is 11.8. The molecule has 4 aliphatic rings. The van der Waals surface area contributed by atoms with Crippen molar-refractivity contribution < 1.29 is 14.2 Å². The first-order chi connectivity index (χ1) is 21.9. The monoisotopic (exact) mass is 642 g/mol. The Kier molecular flexibility index (Phi) is 6.11. The zero-order valence-corrected chi connectivity index (χ0v) is 26.2. The fraction of sp³-hybridized carbons (Fsp3) is 0.394. The van der Waals surface area contributed by atoms with E-state index in [4.69, 9.17) is 30.8 Å². The summed E-state index contributed by atoms with van der Waals surface area (Å²) in [7, 11) is 0. The number of hydrogen-bond donors (Lipinski definition) is 1. The van der Waals surface area contributed by atoms with E-state index >= 15 is 0 Å². The number of pyridine rings is 1. The van der Waals surface area contributed by atoms with Crippen LogP contribution in [0.15, 0.2) is 59.5 Å². The average Bonchev–Trinajstić information content (AvgIpc) is 3.31. The molecular formula is C33H31ClN6O4S. The first kappa shape index (κ1) is 27.4. The molecule has 10 nitrogen and oxygen atoms in total. The second kappa shape index (κ2) is 10.0. The SMILES string of the molecule is C[C@]1(c2ccc(Cl)cn2)Oc2cccc(N3CCC4(CC3)CC4c3nc4ccc(-c5nsc(=O)[nH]5)cc4n3C[C@@H]3CCO3)c2O1. The minimum absolute atomic E-state index is 0.152. The molecular weight excluding hydrogens is 612 g/mol. The summed E-state index contributed by atoms with van der Waals surface area (Å²) in [6.45, 7) is 5.36. The van der Waals surface area contributed by atoms with Crippen LogP contribution in [-0.2, 0) is 17.1 Å². The van der Waals surface area contributed by atoms with Gasteiger partial charge >= 0.3 is 4.87 Å². The van der Waals surface area contributed by atoms with Crippen molar-refractivity contribution in [1.29, 1.82) is 0 Å². The molecule has 0 bridgehead atoms. The van der Waals surface area contributed by atoms with E-state index in [0.29, 0.717) is 22.5 Å². The molecule has 1 saturated carbocycles. The highest BCUT2D eigenvalue weighted by Crippen LogP contribution is 2.65. The van der Waals surface area contributed by atoms with Crippen molar-refractivity contribution in [3.63, 3.8) is 0 Å².